The van der Waals surface area contributed by atoms with Crippen molar-refractivity contribution in [2.24, 2.45) is 11.8 Å². The van der Waals surface area contributed by atoms with Gasteiger partial charge in [0.25, 0.3) is 0 Å². The molecule has 3 saturated carbocycles. The maximum Gasteiger partial charge on any atom is 0.224 e. The van der Waals surface area contributed by atoms with Crippen molar-refractivity contribution < 1.29 is 15.3 Å². The van der Waals surface area contributed by atoms with Crippen LogP contribution in [0.4, 0.5) is 11.8 Å². The summed E-state index contributed by atoms with van der Waals surface area (Å²) in [5.74, 6) is 2.00. The lowest BCUT2D eigenvalue weighted by atomic mass is 10.1. The van der Waals surface area contributed by atoms with E-state index in [9.17, 15) is 15.3 Å². The summed E-state index contributed by atoms with van der Waals surface area (Å²) in [6.45, 7) is 2.61. The Morgan fingerprint density at radius 3 is 2.62 bits per heavy atom. The number of aliphatic hydroxyl groups excluding tert-OH is 3. The Labute approximate surface area is 201 Å². The van der Waals surface area contributed by atoms with Crippen LogP contribution >= 0.6 is 11.3 Å². The molecule has 3 aliphatic rings. The molecule has 0 spiro atoms. The number of hydrogen-bond acceptors (Lipinski definition) is 10. The van der Waals surface area contributed by atoms with Gasteiger partial charge in [0.15, 0.2) is 0 Å². The van der Waals surface area contributed by atoms with E-state index in [-0.39, 0.29) is 12.5 Å². The van der Waals surface area contributed by atoms with Crippen molar-refractivity contribution in [3.05, 3.63) is 23.7 Å². The number of pyridine rings is 1. The second-order valence-corrected chi connectivity index (χ2v) is 11.0. The lowest BCUT2D eigenvalue weighted by Gasteiger charge is -2.21. The van der Waals surface area contributed by atoms with Crippen molar-refractivity contribution in [3.8, 4) is 10.6 Å². The van der Waals surface area contributed by atoms with Gasteiger partial charge < -0.3 is 26.0 Å². The molecule has 0 bridgehead atoms. The van der Waals surface area contributed by atoms with Crippen LogP contribution in [0.2, 0.25) is 0 Å². The molecule has 3 heterocycles. The minimum Gasteiger partial charge on any atom is -0.396 e. The van der Waals surface area contributed by atoms with E-state index < -0.39 is 18.2 Å². The molecular weight excluding hydrogens is 452 g/mol. The Balaban J connectivity index is 1.37. The molecule has 6 rings (SSSR count). The number of nitrogens with zero attached hydrogens (tertiary/aromatic N) is 4. The second-order valence-electron chi connectivity index (χ2n) is 9.96. The first kappa shape index (κ1) is 22.1. The summed E-state index contributed by atoms with van der Waals surface area (Å²) < 4.78 is 1.09. The molecule has 0 aromatic carbocycles. The first-order valence-electron chi connectivity index (χ1n) is 12.1. The fraction of sp³-hybridized carbons (Fsp3) is 0.583. The number of hydrogen-bond donors (Lipinski definition) is 5. The van der Waals surface area contributed by atoms with Crippen LogP contribution in [-0.2, 0) is 0 Å². The Kier molecular flexibility index (Phi) is 5.63. The third-order valence-electron chi connectivity index (χ3n) is 7.20. The fourth-order valence-corrected chi connectivity index (χ4v) is 5.83. The van der Waals surface area contributed by atoms with Gasteiger partial charge >= 0.3 is 0 Å². The molecule has 0 aliphatic heterocycles. The molecular formula is C24H30N6O3S. The predicted molar refractivity (Wildman–Crippen MR) is 131 cm³/mol. The van der Waals surface area contributed by atoms with Gasteiger partial charge in [-0.3, -0.25) is 4.98 Å². The van der Waals surface area contributed by atoms with Gasteiger partial charge in [0, 0.05) is 30.7 Å². The van der Waals surface area contributed by atoms with Crippen LogP contribution in [0, 0.1) is 18.8 Å². The molecule has 4 unspecified atom stereocenters. The molecule has 3 fully saturated rings. The van der Waals surface area contributed by atoms with E-state index in [1.807, 2.05) is 13.1 Å². The van der Waals surface area contributed by atoms with Crippen molar-refractivity contribution in [2.45, 2.75) is 63.2 Å². The molecule has 4 atom stereocenters. The number of rotatable bonds is 8. The van der Waals surface area contributed by atoms with E-state index in [0.717, 1.165) is 38.7 Å². The number of thiazole rings is 1. The highest BCUT2D eigenvalue weighted by molar-refractivity contribution is 7.21. The number of aryl methyl sites for hydroxylation is 1. The van der Waals surface area contributed by atoms with Crippen LogP contribution in [0.3, 0.4) is 0 Å². The van der Waals surface area contributed by atoms with E-state index in [4.69, 9.17) is 15.0 Å². The monoisotopic (exact) mass is 482 g/mol. The predicted octanol–water partition coefficient (Wildman–Crippen LogP) is 2.67. The largest absolute Gasteiger partial charge is 0.396 e. The zero-order valence-electron chi connectivity index (χ0n) is 19.1. The highest BCUT2D eigenvalue weighted by Crippen LogP contribution is 2.42. The zero-order valence-corrected chi connectivity index (χ0v) is 19.9. The summed E-state index contributed by atoms with van der Waals surface area (Å²) in [4.78, 5) is 18.9. The summed E-state index contributed by atoms with van der Waals surface area (Å²) in [6.07, 6.45) is 5.18. The van der Waals surface area contributed by atoms with Gasteiger partial charge in [-0.05, 0) is 51.0 Å². The molecule has 10 heteroatoms. The van der Waals surface area contributed by atoms with Crippen LogP contribution in [0.5, 0.6) is 0 Å². The average Bonchev–Trinajstić information content (AvgIpc) is 3.75. The van der Waals surface area contributed by atoms with Crippen molar-refractivity contribution in [1.82, 2.24) is 19.9 Å². The first-order valence-corrected chi connectivity index (χ1v) is 12.9. The van der Waals surface area contributed by atoms with Gasteiger partial charge in [0.1, 0.15) is 22.4 Å². The highest BCUT2D eigenvalue weighted by atomic mass is 32.1. The molecule has 0 radical (unpaired) electrons. The van der Waals surface area contributed by atoms with E-state index in [2.05, 4.69) is 21.7 Å². The normalized spacial score (nSPS) is 26.8. The van der Waals surface area contributed by atoms with Crippen LogP contribution in [0.15, 0.2) is 12.3 Å². The van der Waals surface area contributed by atoms with Gasteiger partial charge in [-0.15, -0.1) is 11.3 Å². The highest BCUT2D eigenvalue weighted by Gasteiger charge is 2.41. The van der Waals surface area contributed by atoms with Gasteiger partial charge in [-0.25, -0.2) is 9.97 Å². The summed E-state index contributed by atoms with van der Waals surface area (Å²) >= 11 is 1.59. The fourth-order valence-electron chi connectivity index (χ4n) is 4.75. The van der Waals surface area contributed by atoms with Crippen molar-refractivity contribution in [1.29, 1.82) is 0 Å². The lowest BCUT2D eigenvalue weighted by molar-refractivity contribution is 0.00446. The zero-order chi connectivity index (χ0) is 23.4. The van der Waals surface area contributed by atoms with Gasteiger partial charge in [0.2, 0.25) is 5.95 Å². The van der Waals surface area contributed by atoms with Crippen molar-refractivity contribution in [3.63, 3.8) is 0 Å². The first-order chi connectivity index (χ1) is 16.5. The van der Waals surface area contributed by atoms with Crippen LogP contribution in [0.25, 0.3) is 20.8 Å². The van der Waals surface area contributed by atoms with Crippen LogP contribution in [0.1, 0.15) is 49.4 Å². The van der Waals surface area contributed by atoms with E-state index >= 15 is 0 Å². The Hall–Kier alpha value is -2.40. The summed E-state index contributed by atoms with van der Waals surface area (Å²) in [7, 11) is 0. The van der Waals surface area contributed by atoms with Gasteiger partial charge in [0.05, 0.1) is 34.3 Å². The number of anilines is 2. The van der Waals surface area contributed by atoms with Crippen LogP contribution < -0.4 is 10.6 Å². The smallest absolute Gasteiger partial charge is 0.224 e. The van der Waals surface area contributed by atoms with Gasteiger partial charge in [-0.1, -0.05) is 0 Å². The number of fused-ring (bicyclic) bond motifs is 1. The molecule has 3 aromatic heterocycles. The Morgan fingerprint density at radius 2 is 1.91 bits per heavy atom. The van der Waals surface area contributed by atoms with E-state index in [1.165, 1.54) is 25.7 Å². The van der Waals surface area contributed by atoms with Gasteiger partial charge in [-0.2, -0.15) is 4.98 Å². The molecule has 5 N–H and O–H groups in total. The minimum atomic E-state index is -0.996. The number of nitrogens with one attached hydrogen (secondary N) is 2. The summed E-state index contributed by atoms with van der Waals surface area (Å²) in [6, 6.07) is 1.71. The molecule has 180 valence electrons. The second kappa shape index (κ2) is 8.67. The van der Waals surface area contributed by atoms with E-state index in [0.29, 0.717) is 30.0 Å². The third kappa shape index (κ3) is 4.24. The molecule has 0 amide bonds. The SMILES string of the molecule is Cc1nc(NCC2CC2)nc(NC2CC(CO)C(O)C2O)c1-c1nc2cnc(C3CC3)cc2s1. The summed E-state index contributed by atoms with van der Waals surface area (Å²) in [5.41, 5.74) is 3.56. The third-order valence-corrected chi connectivity index (χ3v) is 8.24. The number of aliphatic hydroxyl groups is 3. The minimum absolute atomic E-state index is 0.172. The molecule has 3 aromatic rings. The Bertz CT molecular complexity index is 1210. The summed E-state index contributed by atoms with van der Waals surface area (Å²) in [5, 5.41) is 38.0. The average molecular weight is 483 g/mol. The molecule has 3 aliphatic carbocycles. The van der Waals surface area contributed by atoms with Crippen LogP contribution in [-0.4, -0.2) is 66.7 Å². The van der Waals surface area contributed by atoms with Crippen molar-refractivity contribution >= 4 is 33.3 Å². The topological polar surface area (TPSA) is 136 Å². The number of aromatic nitrogens is 4. The maximum atomic E-state index is 10.6. The standard InChI is InChI=1S/C24H30N6O3S/c1-11-19(23-29-17-9-25-15(13-4-5-13)7-18(17)34-23)22(30-24(27-11)26-8-12-2-3-12)28-16-6-14(10-31)20(32)21(16)33/h7,9,12-14,16,20-21,31-33H,2-6,8,10H2,1H3,(H2,26,27,28,30). The quantitative estimate of drug-likeness (QED) is 0.328. The molecule has 34 heavy (non-hydrogen) atoms. The Morgan fingerprint density at radius 1 is 1.09 bits per heavy atom. The maximum absolute atomic E-state index is 10.6. The van der Waals surface area contributed by atoms with E-state index in [1.54, 1.807) is 11.3 Å². The lowest BCUT2D eigenvalue weighted by Crippen LogP contribution is -2.35. The molecule has 9 nitrogen and oxygen atoms in total. The van der Waals surface area contributed by atoms with Crippen molar-refractivity contribution in [2.75, 3.05) is 23.8 Å². The molecule has 0 saturated heterocycles.